The molecule has 1 unspecified atom stereocenters. The summed E-state index contributed by atoms with van der Waals surface area (Å²) >= 11 is 0. The molecule has 0 spiro atoms. The summed E-state index contributed by atoms with van der Waals surface area (Å²) in [7, 11) is 0. The van der Waals surface area contributed by atoms with E-state index in [1.165, 1.54) is 17.5 Å². The Kier molecular flexibility index (Phi) is 4.57. The predicted octanol–water partition coefficient (Wildman–Crippen LogP) is 2.73. The summed E-state index contributed by atoms with van der Waals surface area (Å²) in [5, 5.41) is 3.40. The van der Waals surface area contributed by atoms with E-state index in [0.29, 0.717) is 12.0 Å². The molecule has 0 radical (unpaired) electrons. The van der Waals surface area contributed by atoms with E-state index in [9.17, 15) is 0 Å². The van der Waals surface area contributed by atoms with Crippen LogP contribution in [0.3, 0.4) is 0 Å². The summed E-state index contributed by atoms with van der Waals surface area (Å²) < 4.78 is 5.74. The molecule has 2 nitrogen and oxygen atoms in total. The molecule has 0 amide bonds. The molecular formula is C15H23NO. The van der Waals surface area contributed by atoms with Gasteiger partial charge < -0.3 is 10.1 Å². The second kappa shape index (κ2) is 6.18. The highest BCUT2D eigenvalue weighted by atomic mass is 16.5. The summed E-state index contributed by atoms with van der Waals surface area (Å²) in [4.78, 5) is 0. The first-order chi connectivity index (χ1) is 8.27. The maximum absolute atomic E-state index is 5.74. The van der Waals surface area contributed by atoms with Crippen LogP contribution in [-0.4, -0.2) is 25.8 Å². The standard InChI is InChI=1S/C15H23NO/c1-12(2)16-8-5-9-17-11-14-10-13-6-3-4-7-15(13)14/h3-4,6-7,12,14,16H,5,8-11H2,1-2H3. The van der Waals surface area contributed by atoms with E-state index in [-0.39, 0.29) is 0 Å². The van der Waals surface area contributed by atoms with Crippen LogP contribution in [0.5, 0.6) is 0 Å². The Morgan fingerprint density at radius 2 is 2.18 bits per heavy atom. The van der Waals surface area contributed by atoms with E-state index in [1.54, 1.807) is 0 Å². The Balaban J connectivity index is 1.56. The van der Waals surface area contributed by atoms with Crippen molar-refractivity contribution in [3.8, 4) is 0 Å². The Morgan fingerprint density at radius 3 is 2.94 bits per heavy atom. The average Bonchev–Trinajstić information content (AvgIpc) is 2.28. The van der Waals surface area contributed by atoms with Gasteiger partial charge in [-0.25, -0.2) is 0 Å². The minimum absolute atomic E-state index is 0.577. The SMILES string of the molecule is CC(C)NCCCOCC1Cc2ccccc21. The molecule has 1 aliphatic rings. The van der Waals surface area contributed by atoms with Gasteiger partial charge in [0.15, 0.2) is 0 Å². The molecule has 1 aliphatic carbocycles. The highest BCUT2D eigenvalue weighted by molar-refractivity contribution is 5.39. The molecule has 0 fully saturated rings. The van der Waals surface area contributed by atoms with Gasteiger partial charge in [0, 0.05) is 18.6 Å². The largest absolute Gasteiger partial charge is 0.381 e. The van der Waals surface area contributed by atoms with E-state index < -0.39 is 0 Å². The zero-order chi connectivity index (χ0) is 12.1. The number of hydrogen-bond donors (Lipinski definition) is 1. The number of rotatable bonds is 7. The van der Waals surface area contributed by atoms with Gasteiger partial charge in [0.25, 0.3) is 0 Å². The first-order valence-corrected chi connectivity index (χ1v) is 6.66. The van der Waals surface area contributed by atoms with Crippen LogP contribution in [0.4, 0.5) is 0 Å². The lowest BCUT2D eigenvalue weighted by atomic mass is 9.78. The fraction of sp³-hybridized carbons (Fsp3) is 0.600. The number of ether oxygens (including phenoxy) is 1. The second-order valence-electron chi connectivity index (χ2n) is 5.14. The zero-order valence-electron chi connectivity index (χ0n) is 10.9. The van der Waals surface area contributed by atoms with Gasteiger partial charge in [0.2, 0.25) is 0 Å². The Labute approximate surface area is 104 Å². The van der Waals surface area contributed by atoms with Gasteiger partial charge in [0.05, 0.1) is 6.61 Å². The lowest BCUT2D eigenvalue weighted by Gasteiger charge is -2.29. The van der Waals surface area contributed by atoms with Crippen molar-refractivity contribution in [2.24, 2.45) is 0 Å². The molecule has 0 saturated carbocycles. The van der Waals surface area contributed by atoms with Crippen molar-refractivity contribution < 1.29 is 4.74 Å². The first kappa shape index (κ1) is 12.6. The van der Waals surface area contributed by atoms with Gasteiger partial charge in [-0.15, -0.1) is 0 Å². The van der Waals surface area contributed by atoms with Crippen molar-refractivity contribution >= 4 is 0 Å². The molecule has 1 atom stereocenters. The van der Waals surface area contributed by atoms with Gasteiger partial charge in [-0.2, -0.15) is 0 Å². The van der Waals surface area contributed by atoms with Gasteiger partial charge in [-0.3, -0.25) is 0 Å². The van der Waals surface area contributed by atoms with Gasteiger partial charge in [0.1, 0.15) is 0 Å². The Hall–Kier alpha value is -0.860. The summed E-state index contributed by atoms with van der Waals surface area (Å²) in [6.45, 7) is 7.16. The van der Waals surface area contributed by atoms with Gasteiger partial charge >= 0.3 is 0 Å². The van der Waals surface area contributed by atoms with E-state index >= 15 is 0 Å². The summed E-state index contributed by atoms with van der Waals surface area (Å²) in [5.41, 5.74) is 3.00. The van der Waals surface area contributed by atoms with Crippen molar-refractivity contribution in [1.29, 1.82) is 0 Å². The molecule has 2 heteroatoms. The minimum Gasteiger partial charge on any atom is -0.381 e. The van der Waals surface area contributed by atoms with Crippen LogP contribution >= 0.6 is 0 Å². The Morgan fingerprint density at radius 1 is 1.35 bits per heavy atom. The smallest absolute Gasteiger partial charge is 0.0538 e. The van der Waals surface area contributed by atoms with Crippen molar-refractivity contribution in [3.05, 3.63) is 35.4 Å². The maximum atomic E-state index is 5.74. The maximum Gasteiger partial charge on any atom is 0.0538 e. The first-order valence-electron chi connectivity index (χ1n) is 6.66. The third kappa shape index (κ3) is 3.55. The molecule has 0 saturated heterocycles. The molecule has 0 aliphatic heterocycles. The van der Waals surface area contributed by atoms with E-state index in [0.717, 1.165) is 26.2 Å². The second-order valence-corrected chi connectivity index (χ2v) is 5.14. The summed E-state index contributed by atoms with van der Waals surface area (Å²) in [5.74, 6) is 0.643. The average molecular weight is 233 g/mol. The molecule has 94 valence electrons. The number of benzene rings is 1. The predicted molar refractivity (Wildman–Crippen MR) is 71.5 cm³/mol. The van der Waals surface area contributed by atoms with Crippen LogP contribution in [0.15, 0.2) is 24.3 Å². The quantitative estimate of drug-likeness (QED) is 0.731. The van der Waals surface area contributed by atoms with Crippen LogP contribution in [0.1, 0.15) is 37.3 Å². The molecule has 1 N–H and O–H groups in total. The van der Waals surface area contributed by atoms with Crippen molar-refractivity contribution in [3.63, 3.8) is 0 Å². The Bertz CT molecular complexity index is 349. The van der Waals surface area contributed by atoms with Crippen molar-refractivity contribution in [2.75, 3.05) is 19.8 Å². The van der Waals surface area contributed by atoms with Crippen LogP contribution in [0, 0.1) is 0 Å². The molecule has 0 heterocycles. The molecule has 0 bridgehead atoms. The van der Waals surface area contributed by atoms with E-state index in [4.69, 9.17) is 4.74 Å². The van der Waals surface area contributed by atoms with Crippen LogP contribution in [0.25, 0.3) is 0 Å². The minimum atomic E-state index is 0.577. The highest BCUT2D eigenvalue weighted by Gasteiger charge is 2.24. The monoisotopic (exact) mass is 233 g/mol. The lowest BCUT2D eigenvalue weighted by molar-refractivity contribution is 0.112. The molecule has 17 heavy (non-hydrogen) atoms. The van der Waals surface area contributed by atoms with Crippen molar-refractivity contribution in [1.82, 2.24) is 5.32 Å². The molecule has 2 rings (SSSR count). The van der Waals surface area contributed by atoms with E-state index in [2.05, 4.69) is 43.4 Å². The topological polar surface area (TPSA) is 21.3 Å². The lowest BCUT2D eigenvalue weighted by Crippen LogP contribution is -2.25. The normalized spacial score (nSPS) is 17.9. The molecule has 1 aromatic rings. The van der Waals surface area contributed by atoms with Gasteiger partial charge in [-0.05, 0) is 30.5 Å². The fourth-order valence-electron chi connectivity index (χ4n) is 2.30. The highest BCUT2D eigenvalue weighted by Crippen LogP contribution is 2.34. The van der Waals surface area contributed by atoms with Gasteiger partial charge in [-0.1, -0.05) is 38.1 Å². The van der Waals surface area contributed by atoms with E-state index in [1.807, 2.05) is 0 Å². The zero-order valence-corrected chi connectivity index (χ0v) is 10.9. The molecule has 1 aromatic carbocycles. The third-order valence-corrected chi connectivity index (χ3v) is 3.30. The third-order valence-electron chi connectivity index (χ3n) is 3.30. The summed E-state index contributed by atoms with van der Waals surface area (Å²) in [6, 6.07) is 9.27. The number of fused-ring (bicyclic) bond motifs is 1. The van der Waals surface area contributed by atoms with Crippen LogP contribution in [-0.2, 0) is 11.2 Å². The molecular weight excluding hydrogens is 210 g/mol. The summed E-state index contributed by atoms with van der Waals surface area (Å²) in [6.07, 6.45) is 2.30. The van der Waals surface area contributed by atoms with Crippen LogP contribution in [0.2, 0.25) is 0 Å². The van der Waals surface area contributed by atoms with Crippen molar-refractivity contribution in [2.45, 2.75) is 38.6 Å². The number of hydrogen-bond acceptors (Lipinski definition) is 2. The fourth-order valence-corrected chi connectivity index (χ4v) is 2.30. The number of nitrogens with one attached hydrogen (secondary N) is 1. The molecule has 0 aromatic heterocycles. The van der Waals surface area contributed by atoms with Crippen LogP contribution < -0.4 is 5.32 Å².